The molecular weight excluding hydrogens is 342 g/mol. The van der Waals surface area contributed by atoms with E-state index in [-0.39, 0.29) is 18.5 Å². The number of methoxy groups -OCH3 is 1. The number of amides is 1. The lowest BCUT2D eigenvalue weighted by atomic mass is 10.1. The average Bonchev–Trinajstić information content (AvgIpc) is 2.63. The van der Waals surface area contributed by atoms with Crippen LogP contribution < -0.4 is 20.1 Å². The van der Waals surface area contributed by atoms with Crippen LogP contribution in [0.2, 0.25) is 0 Å². The van der Waals surface area contributed by atoms with Gasteiger partial charge in [-0.05, 0) is 31.2 Å². The summed E-state index contributed by atoms with van der Waals surface area (Å²) in [6, 6.07) is 10.4. The van der Waals surface area contributed by atoms with Crippen molar-refractivity contribution in [1.82, 2.24) is 5.32 Å². The Morgan fingerprint density at radius 1 is 1.19 bits per heavy atom. The number of carbonyl (C=O) groups excluding carboxylic acids is 1. The second-order valence-corrected chi connectivity index (χ2v) is 5.74. The quantitative estimate of drug-likeness (QED) is 0.666. The Kier molecular flexibility index (Phi) is 7.35. The van der Waals surface area contributed by atoms with E-state index in [9.17, 15) is 13.6 Å². The number of rotatable bonds is 9. The van der Waals surface area contributed by atoms with Crippen LogP contribution in [-0.4, -0.2) is 32.7 Å². The molecule has 0 saturated carbocycles. The van der Waals surface area contributed by atoms with Gasteiger partial charge in [0.05, 0.1) is 13.7 Å². The van der Waals surface area contributed by atoms with Gasteiger partial charge in [-0.1, -0.05) is 12.1 Å². The lowest BCUT2D eigenvalue weighted by molar-refractivity contribution is -0.682. The molecule has 0 aliphatic carbocycles. The number of quaternary nitrogens is 1. The molecule has 0 unspecified atom stereocenters. The van der Waals surface area contributed by atoms with Crippen LogP contribution in [0.3, 0.4) is 0 Å². The smallest absolute Gasteiger partial charge is 0.275 e. The van der Waals surface area contributed by atoms with Crippen LogP contribution in [-0.2, 0) is 4.79 Å². The van der Waals surface area contributed by atoms with E-state index >= 15 is 0 Å². The molecule has 0 aliphatic heterocycles. The summed E-state index contributed by atoms with van der Waals surface area (Å²) in [6.07, 6.45) is 0. The molecule has 0 radical (unpaired) electrons. The van der Waals surface area contributed by atoms with Gasteiger partial charge in [0.1, 0.15) is 24.3 Å². The molecule has 0 saturated heterocycles. The van der Waals surface area contributed by atoms with Crippen molar-refractivity contribution < 1.29 is 28.4 Å². The summed E-state index contributed by atoms with van der Waals surface area (Å²) in [6.45, 7) is 2.53. The maximum atomic E-state index is 13.7. The third-order valence-corrected chi connectivity index (χ3v) is 3.86. The van der Waals surface area contributed by atoms with Crippen molar-refractivity contribution in [2.45, 2.75) is 13.0 Å². The molecule has 7 heteroatoms. The molecule has 0 fully saturated rings. The highest BCUT2D eigenvalue weighted by molar-refractivity contribution is 5.76. The van der Waals surface area contributed by atoms with Crippen LogP contribution in [0, 0.1) is 11.6 Å². The highest BCUT2D eigenvalue weighted by Gasteiger charge is 2.16. The third-order valence-electron chi connectivity index (χ3n) is 3.86. The Bertz CT molecular complexity index is 740. The summed E-state index contributed by atoms with van der Waals surface area (Å²) in [5.41, 5.74) is 0.360. The summed E-state index contributed by atoms with van der Waals surface area (Å²) < 4.78 is 37.4. The largest absolute Gasteiger partial charge is 0.493 e. The second-order valence-electron chi connectivity index (χ2n) is 5.74. The van der Waals surface area contributed by atoms with Crippen LogP contribution in [0.15, 0.2) is 42.5 Å². The van der Waals surface area contributed by atoms with Crippen LogP contribution >= 0.6 is 0 Å². The van der Waals surface area contributed by atoms with Crippen LogP contribution in [0.25, 0.3) is 0 Å². The Hall–Kier alpha value is -2.67. The fraction of sp³-hybridized carbons (Fsp3) is 0.316. The standard InChI is InChI=1S/C19H22F2N2O3/c1-13(15-8-7-14(20)11-16(15)21)23-12-19(24)22-9-10-26-18-6-4-3-5-17(18)25-2/h3-8,11,13,23H,9-10,12H2,1-2H3,(H,22,24)/p+1/t13-/m0/s1. The number of nitrogens with one attached hydrogen (secondary N) is 1. The molecule has 1 amide bonds. The van der Waals surface area contributed by atoms with E-state index in [1.807, 2.05) is 12.1 Å². The number of hydrogen-bond acceptors (Lipinski definition) is 3. The maximum Gasteiger partial charge on any atom is 0.275 e. The minimum Gasteiger partial charge on any atom is -0.493 e. The first-order chi connectivity index (χ1) is 12.5. The number of ether oxygens (including phenoxy) is 2. The summed E-state index contributed by atoms with van der Waals surface area (Å²) in [7, 11) is 1.56. The average molecular weight is 365 g/mol. The Morgan fingerprint density at radius 3 is 2.62 bits per heavy atom. The molecule has 0 bridgehead atoms. The highest BCUT2D eigenvalue weighted by Crippen LogP contribution is 2.25. The predicted molar refractivity (Wildman–Crippen MR) is 93.1 cm³/mol. The Morgan fingerprint density at radius 2 is 1.92 bits per heavy atom. The highest BCUT2D eigenvalue weighted by atomic mass is 19.1. The number of hydrogen-bond donors (Lipinski definition) is 2. The van der Waals surface area contributed by atoms with Crippen molar-refractivity contribution in [2.75, 3.05) is 26.8 Å². The molecule has 3 N–H and O–H groups in total. The summed E-state index contributed by atoms with van der Waals surface area (Å²) >= 11 is 0. The van der Waals surface area contributed by atoms with Gasteiger partial charge in [0, 0.05) is 11.6 Å². The number of nitrogens with two attached hydrogens (primary N) is 1. The fourth-order valence-electron chi connectivity index (χ4n) is 2.44. The van der Waals surface area contributed by atoms with Gasteiger partial charge in [0.25, 0.3) is 5.91 Å². The zero-order valence-corrected chi connectivity index (χ0v) is 14.8. The van der Waals surface area contributed by atoms with Gasteiger partial charge < -0.3 is 20.1 Å². The first-order valence-electron chi connectivity index (χ1n) is 8.32. The molecule has 2 aromatic carbocycles. The Balaban J connectivity index is 1.70. The van der Waals surface area contributed by atoms with Crippen molar-refractivity contribution >= 4 is 5.91 Å². The molecule has 2 aromatic rings. The zero-order chi connectivity index (χ0) is 18.9. The number of benzene rings is 2. The molecule has 0 aromatic heterocycles. The maximum absolute atomic E-state index is 13.7. The van der Waals surface area contributed by atoms with E-state index in [4.69, 9.17) is 9.47 Å². The van der Waals surface area contributed by atoms with E-state index in [0.29, 0.717) is 30.2 Å². The molecule has 0 heterocycles. The lowest BCUT2D eigenvalue weighted by Gasteiger charge is -2.13. The minimum absolute atomic E-state index is 0.132. The summed E-state index contributed by atoms with van der Waals surface area (Å²) in [5.74, 6) is -0.188. The zero-order valence-electron chi connectivity index (χ0n) is 14.8. The van der Waals surface area contributed by atoms with Crippen LogP contribution in [0.5, 0.6) is 11.5 Å². The lowest BCUT2D eigenvalue weighted by Crippen LogP contribution is -2.87. The fourth-order valence-corrected chi connectivity index (χ4v) is 2.44. The molecule has 1 atom stereocenters. The molecule has 140 valence electrons. The number of carbonyl (C=O) groups is 1. The molecule has 2 rings (SSSR count). The van der Waals surface area contributed by atoms with Gasteiger partial charge >= 0.3 is 0 Å². The molecule has 0 spiro atoms. The van der Waals surface area contributed by atoms with Crippen molar-refractivity contribution in [3.8, 4) is 11.5 Å². The van der Waals surface area contributed by atoms with Gasteiger partial charge in [-0.15, -0.1) is 0 Å². The van der Waals surface area contributed by atoms with Crippen molar-refractivity contribution in [2.24, 2.45) is 0 Å². The predicted octanol–water partition coefficient (Wildman–Crippen LogP) is 1.79. The van der Waals surface area contributed by atoms with Gasteiger partial charge in [-0.2, -0.15) is 0 Å². The van der Waals surface area contributed by atoms with Crippen LogP contribution in [0.4, 0.5) is 8.78 Å². The number of halogens is 2. The van der Waals surface area contributed by atoms with E-state index in [0.717, 1.165) is 6.07 Å². The van der Waals surface area contributed by atoms with Gasteiger partial charge in [-0.3, -0.25) is 4.79 Å². The van der Waals surface area contributed by atoms with Crippen LogP contribution in [0.1, 0.15) is 18.5 Å². The summed E-state index contributed by atoms with van der Waals surface area (Å²) in [5, 5.41) is 4.42. The van der Waals surface area contributed by atoms with Gasteiger partial charge in [0.15, 0.2) is 18.0 Å². The molecule has 5 nitrogen and oxygen atoms in total. The first-order valence-corrected chi connectivity index (χ1v) is 8.32. The summed E-state index contributed by atoms with van der Waals surface area (Å²) in [4.78, 5) is 11.9. The second kappa shape index (κ2) is 9.72. The molecule has 26 heavy (non-hydrogen) atoms. The molecule has 0 aliphatic rings. The van der Waals surface area contributed by atoms with Crippen molar-refractivity contribution in [3.05, 3.63) is 59.7 Å². The van der Waals surface area contributed by atoms with E-state index in [2.05, 4.69) is 5.32 Å². The normalized spacial score (nSPS) is 11.7. The monoisotopic (exact) mass is 365 g/mol. The van der Waals surface area contributed by atoms with Crippen molar-refractivity contribution in [1.29, 1.82) is 0 Å². The van der Waals surface area contributed by atoms with E-state index in [1.165, 1.54) is 12.1 Å². The molecular formula is C19H23F2N2O3+. The SMILES string of the molecule is COc1ccccc1OCCNC(=O)C[NH2+][C@@H](C)c1ccc(F)cc1F. The van der Waals surface area contributed by atoms with E-state index in [1.54, 1.807) is 31.5 Å². The minimum atomic E-state index is -0.619. The Labute approximate surface area is 151 Å². The first kappa shape index (κ1) is 19.7. The van der Waals surface area contributed by atoms with Gasteiger partial charge in [0.2, 0.25) is 0 Å². The van der Waals surface area contributed by atoms with Gasteiger partial charge in [-0.25, -0.2) is 8.78 Å². The van der Waals surface area contributed by atoms with E-state index < -0.39 is 11.6 Å². The topological polar surface area (TPSA) is 64.2 Å². The third kappa shape index (κ3) is 5.70. The number of para-hydroxylation sites is 2. The van der Waals surface area contributed by atoms with Crippen molar-refractivity contribution in [3.63, 3.8) is 0 Å².